The molecule has 18 heavy (non-hydrogen) atoms. The van der Waals surface area contributed by atoms with Gasteiger partial charge in [-0.15, -0.1) is 0 Å². The van der Waals surface area contributed by atoms with Gasteiger partial charge >= 0.3 is 0 Å². The first-order valence-electron chi connectivity index (χ1n) is 6.39. The fraction of sp³-hybridized carbons (Fsp3) is 0.538. The average Bonchev–Trinajstić information content (AvgIpc) is 3.18. The molecule has 1 saturated heterocycles. The van der Waals surface area contributed by atoms with E-state index in [1.165, 1.54) is 0 Å². The van der Waals surface area contributed by atoms with Crippen LogP contribution < -0.4 is 15.4 Å². The molecule has 5 nitrogen and oxygen atoms in total. The van der Waals surface area contributed by atoms with Crippen LogP contribution in [0.25, 0.3) is 0 Å². The molecule has 0 bridgehead atoms. The maximum absolute atomic E-state index is 11.7. The van der Waals surface area contributed by atoms with Crippen molar-refractivity contribution in [3.05, 3.63) is 24.0 Å². The van der Waals surface area contributed by atoms with Gasteiger partial charge in [0.1, 0.15) is 17.5 Å². The van der Waals surface area contributed by atoms with Crippen LogP contribution >= 0.6 is 0 Å². The lowest BCUT2D eigenvalue weighted by molar-refractivity contribution is 0.0925. The van der Waals surface area contributed by atoms with E-state index in [0.717, 1.165) is 25.1 Å². The summed E-state index contributed by atoms with van der Waals surface area (Å²) in [6, 6.07) is 4.25. The van der Waals surface area contributed by atoms with E-state index in [1.54, 1.807) is 18.3 Å². The van der Waals surface area contributed by atoms with Crippen LogP contribution in [-0.2, 0) is 0 Å². The van der Waals surface area contributed by atoms with Gasteiger partial charge in [-0.3, -0.25) is 4.79 Å². The second-order valence-corrected chi connectivity index (χ2v) is 4.98. The molecule has 2 aliphatic rings. The zero-order chi connectivity index (χ0) is 12.5. The molecule has 0 unspecified atom stereocenters. The lowest BCUT2D eigenvalue weighted by atomic mass is 10.1. The third-order valence-corrected chi connectivity index (χ3v) is 3.37. The predicted molar refractivity (Wildman–Crippen MR) is 66.6 cm³/mol. The minimum atomic E-state index is -0.0947. The number of pyridine rings is 1. The molecule has 3 rings (SSSR count). The number of rotatable bonds is 4. The highest BCUT2D eigenvalue weighted by Crippen LogP contribution is 2.20. The molecule has 1 amide bonds. The molecule has 2 fully saturated rings. The van der Waals surface area contributed by atoms with Gasteiger partial charge in [-0.25, -0.2) is 4.98 Å². The van der Waals surface area contributed by atoms with E-state index < -0.39 is 0 Å². The Bertz CT molecular complexity index is 442. The summed E-state index contributed by atoms with van der Waals surface area (Å²) in [5, 5.41) is 6.13. The minimum absolute atomic E-state index is 0.0947. The van der Waals surface area contributed by atoms with Crippen LogP contribution in [0.1, 0.15) is 30.3 Å². The van der Waals surface area contributed by atoms with Crippen molar-refractivity contribution >= 4 is 5.91 Å². The summed E-state index contributed by atoms with van der Waals surface area (Å²) in [6.07, 6.45) is 3.99. The van der Waals surface area contributed by atoms with E-state index >= 15 is 0 Å². The Hall–Kier alpha value is -1.62. The molecule has 96 valence electrons. The first-order valence-corrected chi connectivity index (χ1v) is 6.39. The SMILES string of the molecule is C[C@H]1NC[C@@H]1Oc1ccc(C(=O)NC2CC2)nc1. The minimum Gasteiger partial charge on any atom is -0.486 e. The number of carbonyl (C=O) groups is 1. The van der Waals surface area contributed by atoms with Gasteiger partial charge in [0, 0.05) is 18.6 Å². The van der Waals surface area contributed by atoms with Crippen molar-refractivity contribution in [1.82, 2.24) is 15.6 Å². The Morgan fingerprint density at radius 1 is 1.50 bits per heavy atom. The summed E-state index contributed by atoms with van der Waals surface area (Å²) in [5.41, 5.74) is 0.453. The molecule has 5 heteroatoms. The highest BCUT2D eigenvalue weighted by molar-refractivity contribution is 5.92. The molecule has 2 atom stereocenters. The topological polar surface area (TPSA) is 63.2 Å². The van der Waals surface area contributed by atoms with E-state index in [9.17, 15) is 4.79 Å². The summed E-state index contributed by atoms with van der Waals surface area (Å²) in [6.45, 7) is 2.95. The number of hydrogen-bond acceptors (Lipinski definition) is 4. The Labute approximate surface area is 106 Å². The highest BCUT2D eigenvalue weighted by atomic mass is 16.5. The lowest BCUT2D eigenvalue weighted by Gasteiger charge is -2.35. The summed E-state index contributed by atoms with van der Waals surface area (Å²) < 4.78 is 5.73. The van der Waals surface area contributed by atoms with Gasteiger partial charge in [0.15, 0.2) is 0 Å². The van der Waals surface area contributed by atoms with Gasteiger partial charge in [0.25, 0.3) is 5.91 Å². The van der Waals surface area contributed by atoms with Gasteiger partial charge in [-0.2, -0.15) is 0 Å². The zero-order valence-electron chi connectivity index (χ0n) is 10.3. The Balaban J connectivity index is 1.59. The third kappa shape index (κ3) is 2.46. The quantitative estimate of drug-likeness (QED) is 0.822. The Morgan fingerprint density at radius 3 is 2.83 bits per heavy atom. The van der Waals surface area contributed by atoms with Gasteiger partial charge in [-0.1, -0.05) is 0 Å². The number of amides is 1. The zero-order valence-corrected chi connectivity index (χ0v) is 10.3. The van der Waals surface area contributed by atoms with Crippen LogP contribution in [0.4, 0.5) is 0 Å². The molecule has 2 N–H and O–H groups in total. The molecule has 1 aromatic rings. The van der Waals surface area contributed by atoms with Crippen LogP contribution in [0.2, 0.25) is 0 Å². The fourth-order valence-corrected chi connectivity index (χ4v) is 1.84. The van der Waals surface area contributed by atoms with Crippen molar-refractivity contribution in [1.29, 1.82) is 0 Å². The molecule has 1 saturated carbocycles. The molecular formula is C13H17N3O2. The number of aromatic nitrogens is 1. The van der Waals surface area contributed by atoms with Gasteiger partial charge < -0.3 is 15.4 Å². The maximum Gasteiger partial charge on any atom is 0.270 e. The highest BCUT2D eigenvalue weighted by Gasteiger charge is 2.28. The molecule has 2 heterocycles. The smallest absolute Gasteiger partial charge is 0.270 e. The second kappa shape index (κ2) is 4.57. The third-order valence-electron chi connectivity index (χ3n) is 3.37. The van der Waals surface area contributed by atoms with Crippen LogP contribution in [0.5, 0.6) is 5.75 Å². The van der Waals surface area contributed by atoms with Crippen molar-refractivity contribution in [3.63, 3.8) is 0 Å². The summed E-state index contributed by atoms with van der Waals surface area (Å²) in [5.74, 6) is 0.624. The largest absolute Gasteiger partial charge is 0.486 e. The monoisotopic (exact) mass is 247 g/mol. The molecule has 1 aromatic heterocycles. The second-order valence-electron chi connectivity index (χ2n) is 4.98. The molecule has 0 spiro atoms. The van der Waals surface area contributed by atoms with Crippen molar-refractivity contribution in [3.8, 4) is 5.75 Å². The van der Waals surface area contributed by atoms with Crippen LogP contribution in [0.15, 0.2) is 18.3 Å². The standard InChI is InChI=1S/C13H17N3O2/c1-8-12(7-14-8)18-10-4-5-11(15-6-10)13(17)16-9-2-3-9/h4-6,8-9,12,14H,2-3,7H2,1H3,(H,16,17)/t8-,12+/m1/s1. The van der Waals surface area contributed by atoms with E-state index in [4.69, 9.17) is 4.74 Å². The normalized spacial score (nSPS) is 26.3. The maximum atomic E-state index is 11.7. The molecule has 0 radical (unpaired) electrons. The van der Waals surface area contributed by atoms with Gasteiger partial charge in [-0.05, 0) is 31.9 Å². The Morgan fingerprint density at radius 2 is 2.33 bits per heavy atom. The molecule has 0 aromatic carbocycles. The van der Waals surface area contributed by atoms with Crippen molar-refractivity contribution in [2.75, 3.05) is 6.54 Å². The first kappa shape index (κ1) is 11.5. The van der Waals surface area contributed by atoms with E-state index in [-0.39, 0.29) is 12.0 Å². The van der Waals surface area contributed by atoms with E-state index in [2.05, 4.69) is 22.5 Å². The Kier molecular flexibility index (Phi) is 2.91. The van der Waals surface area contributed by atoms with Gasteiger partial charge in [0.05, 0.1) is 6.20 Å². The summed E-state index contributed by atoms with van der Waals surface area (Å²) in [4.78, 5) is 15.9. The van der Waals surface area contributed by atoms with Crippen LogP contribution in [0, 0.1) is 0 Å². The average molecular weight is 247 g/mol. The predicted octanol–water partition coefficient (Wildman–Crippen LogP) is 0.713. The van der Waals surface area contributed by atoms with Crippen molar-refractivity contribution in [2.45, 2.75) is 38.0 Å². The van der Waals surface area contributed by atoms with Crippen molar-refractivity contribution < 1.29 is 9.53 Å². The number of nitrogens with one attached hydrogen (secondary N) is 2. The number of carbonyl (C=O) groups excluding carboxylic acids is 1. The van der Waals surface area contributed by atoms with Crippen molar-refractivity contribution in [2.24, 2.45) is 0 Å². The fourth-order valence-electron chi connectivity index (χ4n) is 1.84. The molecule has 1 aliphatic heterocycles. The summed E-state index contributed by atoms with van der Waals surface area (Å²) in [7, 11) is 0. The van der Waals surface area contributed by atoms with E-state index in [1.807, 2.05) is 0 Å². The van der Waals surface area contributed by atoms with E-state index in [0.29, 0.717) is 17.8 Å². The van der Waals surface area contributed by atoms with Gasteiger partial charge in [0.2, 0.25) is 0 Å². The summed E-state index contributed by atoms with van der Waals surface area (Å²) >= 11 is 0. The molecular weight excluding hydrogens is 230 g/mol. The lowest BCUT2D eigenvalue weighted by Crippen LogP contribution is -2.58. The molecule has 1 aliphatic carbocycles. The number of nitrogens with zero attached hydrogens (tertiary/aromatic N) is 1. The van der Waals surface area contributed by atoms with Crippen LogP contribution in [-0.4, -0.2) is 35.6 Å². The first-order chi connectivity index (χ1) is 8.72. The van der Waals surface area contributed by atoms with Crippen LogP contribution in [0.3, 0.4) is 0 Å². The number of hydrogen-bond donors (Lipinski definition) is 2. The number of ether oxygens (including phenoxy) is 1.